The highest BCUT2D eigenvalue weighted by atomic mass is 16.5. The maximum Gasteiger partial charge on any atom is 0.276 e. The van der Waals surface area contributed by atoms with Gasteiger partial charge in [-0.15, -0.1) is 0 Å². The van der Waals surface area contributed by atoms with Crippen molar-refractivity contribution in [2.24, 2.45) is 0 Å². The van der Waals surface area contributed by atoms with Crippen LogP contribution in [0.3, 0.4) is 0 Å². The number of hydrazine groups is 1. The molecule has 7 nitrogen and oxygen atoms in total. The Bertz CT molecular complexity index is 1160. The number of ether oxygens (including phenoxy) is 1. The third-order valence-corrected chi connectivity index (χ3v) is 5.20. The topological polar surface area (TPSA) is 96.5 Å². The number of aryl methyl sites for hydroxylation is 1. The molecule has 0 radical (unpaired) electrons. The lowest BCUT2D eigenvalue weighted by atomic mass is 9.87. The molecular formula is C27H29N3O4. The first-order valence-electron chi connectivity index (χ1n) is 10.9. The van der Waals surface area contributed by atoms with Gasteiger partial charge in [0.15, 0.2) is 6.61 Å². The summed E-state index contributed by atoms with van der Waals surface area (Å²) in [6.45, 7) is 7.99. The number of carbonyl (C=O) groups excluding carboxylic acids is 3. The summed E-state index contributed by atoms with van der Waals surface area (Å²) in [6, 6.07) is 21.2. The Kier molecular flexibility index (Phi) is 7.68. The number of amides is 3. The van der Waals surface area contributed by atoms with Gasteiger partial charge in [-0.05, 0) is 65.9 Å². The Hall–Kier alpha value is -4.13. The molecule has 0 fully saturated rings. The van der Waals surface area contributed by atoms with Crippen LogP contribution in [-0.2, 0) is 10.2 Å². The number of rotatable bonds is 6. The highest BCUT2D eigenvalue weighted by molar-refractivity contribution is 6.05. The van der Waals surface area contributed by atoms with Gasteiger partial charge < -0.3 is 10.1 Å². The van der Waals surface area contributed by atoms with Crippen LogP contribution in [0.5, 0.6) is 5.75 Å². The lowest BCUT2D eigenvalue weighted by Gasteiger charge is -2.19. The summed E-state index contributed by atoms with van der Waals surface area (Å²) in [5.74, 6) is -0.636. The molecule has 176 valence electrons. The van der Waals surface area contributed by atoms with E-state index >= 15 is 0 Å². The van der Waals surface area contributed by atoms with Gasteiger partial charge in [0.1, 0.15) is 5.75 Å². The molecule has 3 N–H and O–H groups in total. The van der Waals surface area contributed by atoms with Crippen molar-refractivity contribution in [2.45, 2.75) is 33.1 Å². The second kappa shape index (κ2) is 10.7. The van der Waals surface area contributed by atoms with Gasteiger partial charge in [0, 0.05) is 16.8 Å². The fourth-order valence-corrected chi connectivity index (χ4v) is 3.17. The van der Waals surface area contributed by atoms with Crippen molar-refractivity contribution in [1.29, 1.82) is 0 Å². The van der Waals surface area contributed by atoms with E-state index in [2.05, 4.69) is 36.9 Å². The Morgan fingerprint density at radius 3 is 2.06 bits per heavy atom. The monoisotopic (exact) mass is 459 g/mol. The van der Waals surface area contributed by atoms with Crippen LogP contribution in [0.15, 0.2) is 72.8 Å². The van der Waals surface area contributed by atoms with E-state index in [0.717, 1.165) is 11.1 Å². The van der Waals surface area contributed by atoms with E-state index < -0.39 is 11.8 Å². The summed E-state index contributed by atoms with van der Waals surface area (Å²) < 4.78 is 5.47. The van der Waals surface area contributed by atoms with Crippen LogP contribution in [0.1, 0.15) is 52.6 Å². The Balaban J connectivity index is 1.46. The normalized spacial score (nSPS) is 10.8. The van der Waals surface area contributed by atoms with Gasteiger partial charge >= 0.3 is 0 Å². The van der Waals surface area contributed by atoms with E-state index in [1.165, 1.54) is 0 Å². The van der Waals surface area contributed by atoms with Crippen molar-refractivity contribution in [2.75, 3.05) is 11.9 Å². The molecule has 34 heavy (non-hydrogen) atoms. The van der Waals surface area contributed by atoms with Gasteiger partial charge in [-0.3, -0.25) is 25.2 Å². The number of benzene rings is 3. The molecule has 0 atom stereocenters. The number of anilines is 1. The van der Waals surface area contributed by atoms with Gasteiger partial charge in [0.25, 0.3) is 17.7 Å². The Morgan fingerprint density at radius 1 is 0.794 bits per heavy atom. The van der Waals surface area contributed by atoms with Crippen LogP contribution in [0.2, 0.25) is 0 Å². The second-order valence-corrected chi connectivity index (χ2v) is 8.91. The molecule has 3 amide bonds. The van der Waals surface area contributed by atoms with E-state index in [4.69, 9.17) is 4.74 Å². The quantitative estimate of drug-likeness (QED) is 0.477. The van der Waals surface area contributed by atoms with Crippen LogP contribution in [-0.4, -0.2) is 24.3 Å². The molecule has 0 bridgehead atoms. The zero-order valence-corrected chi connectivity index (χ0v) is 19.8. The zero-order valence-electron chi connectivity index (χ0n) is 19.8. The first kappa shape index (κ1) is 24.5. The van der Waals surface area contributed by atoms with E-state index in [0.29, 0.717) is 22.6 Å². The number of carbonyl (C=O) groups is 3. The smallest absolute Gasteiger partial charge is 0.276 e. The minimum atomic E-state index is -0.490. The van der Waals surface area contributed by atoms with Gasteiger partial charge in [0.05, 0.1) is 0 Å². The van der Waals surface area contributed by atoms with Gasteiger partial charge in [0.2, 0.25) is 0 Å². The molecule has 0 aliphatic carbocycles. The fraction of sp³-hybridized carbons (Fsp3) is 0.222. The van der Waals surface area contributed by atoms with Crippen LogP contribution in [0.4, 0.5) is 5.69 Å². The maximum atomic E-state index is 12.4. The predicted molar refractivity (Wildman–Crippen MR) is 132 cm³/mol. The molecule has 0 saturated carbocycles. The second-order valence-electron chi connectivity index (χ2n) is 8.91. The molecule has 0 saturated heterocycles. The minimum absolute atomic E-state index is 0.0327. The van der Waals surface area contributed by atoms with E-state index in [9.17, 15) is 14.4 Å². The summed E-state index contributed by atoms with van der Waals surface area (Å²) in [4.78, 5) is 36.7. The van der Waals surface area contributed by atoms with E-state index in [-0.39, 0.29) is 17.9 Å². The highest BCUT2D eigenvalue weighted by Crippen LogP contribution is 2.24. The molecule has 3 rings (SSSR count). The van der Waals surface area contributed by atoms with Crippen molar-refractivity contribution in [3.63, 3.8) is 0 Å². The summed E-state index contributed by atoms with van der Waals surface area (Å²) in [5.41, 5.74) is 8.21. The molecule has 0 aromatic heterocycles. The standard InChI is InChI=1S/C27H29N3O4/c1-18-7-5-6-8-23(18)26(33)28-21-13-9-19(10-14-21)25(32)30-29-24(31)17-34-22-15-11-20(12-16-22)27(2,3)4/h5-16H,17H2,1-4H3,(H,28,33)(H,29,31)(H,30,32). The summed E-state index contributed by atoms with van der Waals surface area (Å²) in [6.07, 6.45) is 0. The predicted octanol–water partition coefficient (Wildman–Crippen LogP) is 4.38. The number of hydrogen-bond acceptors (Lipinski definition) is 4. The zero-order chi connectivity index (χ0) is 24.7. The van der Waals surface area contributed by atoms with Crippen LogP contribution >= 0.6 is 0 Å². The average molecular weight is 460 g/mol. The molecule has 0 spiro atoms. The summed E-state index contributed by atoms with van der Waals surface area (Å²) in [5, 5.41) is 2.80. The molecule has 3 aromatic rings. The third kappa shape index (κ3) is 6.68. The lowest BCUT2D eigenvalue weighted by Crippen LogP contribution is -2.43. The minimum Gasteiger partial charge on any atom is -0.484 e. The van der Waals surface area contributed by atoms with Crippen molar-refractivity contribution >= 4 is 23.4 Å². The van der Waals surface area contributed by atoms with Crippen molar-refractivity contribution in [3.05, 3.63) is 95.1 Å². The first-order chi connectivity index (χ1) is 16.1. The SMILES string of the molecule is Cc1ccccc1C(=O)Nc1ccc(C(=O)NNC(=O)COc2ccc(C(C)(C)C)cc2)cc1. The molecule has 7 heteroatoms. The number of nitrogens with one attached hydrogen (secondary N) is 3. The molecule has 0 aliphatic rings. The third-order valence-electron chi connectivity index (χ3n) is 5.20. The number of hydrogen-bond donors (Lipinski definition) is 3. The van der Waals surface area contributed by atoms with Crippen LogP contribution in [0.25, 0.3) is 0 Å². The Labute approximate surface area is 199 Å². The molecule has 0 heterocycles. The van der Waals surface area contributed by atoms with E-state index in [1.807, 2.05) is 43.3 Å². The lowest BCUT2D eigenvalue weighted by molar-refractivity contribution is -0.123. The van der Waals surface area contributed by atoms with Crippen molar-refractivity contribution < 1.29 is 19.1 Å². The highest BCUT2D eigenvalue weighted by Gasteiger charge is 2.14. The first-order valence-corrected chi connectivity index (χ1v) is 10.9. The van der Waals surface area contributed by atoms with Gasteiger partial charge in [-0.1, -0.05) is 51.1 Å². The average Bonchev–Trinajstić information content (AvgIpc) is 2.81. The summed E-state index contributed by atoms with van der Waals surface area (Å²) >= 11 is 0. The van der Waals surface area contributed by atoms with Gasteiger partial charge in [-0.25, -0.2) is 0 Å². The summed E-state index contributed by atoms with van der Waals surface area (Å²) in [7, 11) is 0. The molecule has 0 unspecified atom stereocenters. The Morgan fingerprint density at radius 2 is 1.44 bits per heavy atom. The van der Waals surface area contributed by atoms with Crippen molar-refractivity contribution in [3.8, 4) is 5.75 Å². The molecular weight excluding hydrogens is 430 g/mol. The van der Waals surface area contributed by atoms with Gasteiger partial charge in [-0.2, -0.15) is 0 Å². The van der Waals surface area contributed by atoms with Crippen LogP contribution in [0, 0.1) is 6.92 Å². The van der Waals surface area contributed by atoms with E-state index in [1.54, 1.807) is 36.4 Å². The molecule has 0 aliphatic heterocycles. The van der Waals surface area contributed by atoms with Crippen molar-refractivity contribution in [1.82, 2.24) is 10.9 Å². The molecule has 3 aromatic carbocycles. The maximum absolute atomic E-state index is 12.4. The fourth-order valence-electron chi connectivity index (χ4n) is 3.17. The largest absolute Gasteiger partial charge is 0.484 e. The van der Waals surface area contributed by atoms with Crippen LogP contribution < -0.4 is 20.9 Å².